The normalized spacial score (nSPS) is 23.0. The summed E-state index contributed by atoms with van der Waals surface area (Å²) in [5, 5.41) is 0.608. The van der Waals surface area contributed by atoms with Gasteiger partial charge >= 0.3 is 0 Å². The van der Waals surface area contributed by atoms with Crippen molar-refractivity contribution in [2.45, 2.75) is 38.4 Å². The van der Waals surface area contributed by atoms with Crippen molar-refractivity contribution < 1.29 is 19.1 Å². The third-order valence-electron chi connectivity index (χ3n) is 6.35. The fourth-order valence-electron chi connectivity index (χ4n) is 4.14. The van der Waals surface area contributed by atoms with Gasteiger partial charge in [-0.25, -0.2) is 0 Å². The third kappa shape index (κ3) is 6.11. The zero-order valence-corrected chi connectivity index (χ0v) is 19.7. The van der Waals surface area contributed by atoms with Crippen molar-refractivity contribution in [2.24, 2.45) is 5.92 Å². The van der Waals surface area contributed by atoms with E-state index in [2.05, 4.69) is 11.9 Å². The molecule has 0 aromatic heterocycles. The van der Waals surface area contributed by atoms with E-state index in [9.17, 15) is 9.59 Å². The van der Waals surface area contributed by atoms with Crippen LogP contribution in [-0.4, -0.2) is 91.6 Å². The number of rotatable bonds is 6. The quantitative estimate of drug-likeness (QED) is 0.665. The number of nitrogens with zero attached hydrogens (tertiary/aromatic N) is 3. The van der Waals surface area contributed by atoms with E-state index in [0.717, 1.165) is 26.2 Å². The molecule has 1 aromatic carbocycles. The van der Waals surface area contributed by atoms with Crippen LogP contribution in [0.4, 0.5) is 0 Å². The Morgan fingerprint density at radius 1 is 1.13 bits per heavy atom. The largest absolute Gasteiger partial charge is 0.490 e. The molecular formula is C23H34ClN3O4. The molecule has 0 bridgehead atoms. The molecule has 2 aliphatic heterocycles. The summed E-state index contributed by atoms with van der Waals surface area (Å²) >= 11 is 6.12. The maximum atomic E-state index is 13.1. The summed E-state index contributed by atoms with van der Waals surface area (Å²) in [6, 6.07) is 7.31. The van der Waals surface area contributed by atoms with Crippen LogP contribution in [-0.2, 0) is 14.3 Å². The number of halogens is 1. The molecule has 172 valence electrons. The highest BCUT2D eigenvalue weighted by molar-refractivity contribution is 6.30. The van der Waals surface area contributed by atoms with Crippen LogP contribution >= 0.6 is 11.6 Å². The van der Waals surface area contributed by atoms with E-state index in [1.807, 2.05) is 21.9 Å². The van der Waals surface area contributed by atoms with Crippen molar-refractivity contribution >= 4 is 23.4 Å². The molecule has 0 unspecified atom stereocenters. The number of benzene rings is 1. The molecule has 0 spiro atoms. The first kappa shape index (κ1) is 23.8. The van der Waals surface area contributed by atoms with Crippen molar-refractivity contribution in [3.05, 3.63) is 29.3 Å². The van der Waals surface area contributed by atoms with Gasteiger partial charge < -0.3 is 24.2 Å². The fourth-order valence-corrected chi connectivity index (χ4v) is 4.32. The van der Waals surface area contributed by atoms with Gasteiger partial charge in [0.15, 0.2) is 0 Å². The van der Waals surface area contributed by atoms with Crippen LogP contribution < -0.4 is 4.74 Å². The molecule has 0 N–H and O–H groups in total. The Morgan fingerprint density at radius 3 is 2.48 bits per heavy atom. The summed E-state index contributed by atoms with van der Waals surface area (Å²) in [4.78, 5) is 32.0. The van der Waals surface area contributed by atoms with Gasteiger partial charge in [0.25, 0.3) is 5.91 Å². The Labute approximate surface area is 190 Å². The smallest absolute Gasteiger partial charge is 0.254 e. The SMILES string of the molecule is COC(C)(C)C(=O)N1CC[C@H](Oc2cccc(Cl)c2)[C@@H](CC(=O)N2CCN(C)CC2)C1. The van der Waals surface area contributed by atoms with Gasteiger partial charge in [-0.3, -0.25) is 9.59 Å². The van der Waals surface area contributed by atoms with E-state index in [-0.39, 0.29) is 23.8 Å². The minimum Gasteiger partial charge on any atom is -0.490 e. The van der Waals surface area contributed by atoms with Crippen molar-refractivity contribution in [1.29, 1.82) is 0 Å². The van der Waals surface area contributed by atoms with Gasteiger partial charge in [-0.1, -0.05) is 17.7 Å². The number of piperidine rings is 1. The standard InChI is InChI=1S/C23H34ClN3O4/c1-23(2,30-4)22(29)27-9-8-20(31-19-7-5-6-18(24)15-19)17(16-27)14-21(28)26-12-10-25(3)11-13-26/h5-7,15,17,20H,8-14,16H2,1-4H3/t17-,20-/m0/s1. The van der Waals surface area contributed by atoms with Gasteiger partial charge in [-0.15, -0.1) is 0 Å². The van der Waals surface area contributed by atoms with Crippen molar-refractivity contribution in [2.75, 3.05) is 53.4 Å². The van der Waals surface area contributed by atoms with Gasteiger partial charge in [-0.2, -0.15) is 0 Å². The highest BCUT2D eigenvalue weighted by atomic mass is 35.5. The van der Waals surface area contributed by atoms with Crippen LogP contribution in [0.1, 0.15) is 26.7 Å². The molecular weight excluding hydrogens is 418 g/mol. The molecule has 2 atom stereocenters. The van der Waals surface area contributed by atoms with Crippen LogP contribution in [0.5, 0.6) is 5.75 Å². The molecule has 31 heavy (non-hydrogen) atoms. The number of ether oxygens (including phenoxy) is 2. The highest BCUT2D eigenvalue weighted by Crippen LogP contribution is 2.29. The first-order valence-electron chi connectivity index (χ1n) is 10.9. The van der Waals surface area contributed by atoms with Crippen molar-refractivity contribution in [3.8, 4) is 5.75 Å². The monoisotopic (exact) mass is 451 g/mol. The molecule has 0 aliphatic carbocycles. The topological polar surface area (TPSA) is 62.3 Å². The molecule has 3 rings (SSSR count). The van der Waals surface area contributed by atoms with Crippen LogP contribution in [0.25, 0.3) is 0 Å². The Bertz CT molecular complexity index is 780. The maximum Gasteiger partial charge on any atom is 0.254 e. The molecule has 2 amide bonds. The maximum absolute atomic E-state index is 13.1. The lowest BCUT2D eigenvalue weighted by atomic mass is 9.89. The van der Waals surface area contributed by atoms with Gasteiger partial charge in [0, 0.05) is 70.2 Å². The summed E-state index contributed by atoms with van der Waals surface area (Å²) in [7, 11) is 3.61. The summed E-state index contributed by atoms with van der Waals surface area (Å²) in [6.45, 7) is 7.81. The third-order valence-corrected chi connectivity index (χ3v) is 6.59. The van der Waals surface area contributed by atoms with E-state index in [4.69, 9.17) is 21.1 Å². The summed E-state index contributed by atoms with van der Waals surface area (Å²) in [6.07, 6.45) is 0.842. The first-order valence-corrected chi connectivity index (χ1v) is 11.3. The van der Waals surface area contributed by atoms with Crippen LogP contribution in [0, 0.1) is 5.92 Å². The Hall–Kier alpha value is -1.83. The number of likely N-dealkylation sites (N-methyl/N-ethyl adjacent to an activating group) is 1. The number of piperazine rings is 1. The van der Waals surface area contributed by atoms with Gasteiger partial charge in [0.1, 0.15) is 17.5 Å². The minimum atomic E-state index is -0.896. The summed E-state index contributed by atoms with van der Waals surface area (Å²) in [5.74, 6) is 0.648. The number of carbonyl (C=O) groups excluding carboxylic acids is 2. The number of hydrogen-bond donors (Lipinski definition) is 0. The zero-order chi connectivity index (χ0) is 22.6. The first-order chi connectivity index (χ1) is 14.7. The average Bonchev–Trinajstić information content (AvgIpc) is 2.75. The fraction of sp³-hybridized carbons (Fsp3) is 0.652. The van der Waals surface area contributed by atoms with Gasteiger partial charge in [0.2, 0.25) is 5.91 Å². The Morgan fingerprint density at radius 2 is 1.84 bits per heavy atom. The van der Waals surface area contributed by atoms with E-state index < -0.39 is 5.60 Å². The van der Waals surface area contributed by atoms with Crippen LogP contribution in [0.2, 0.25) is 5.02 Å². The predicted octanol–water partition coefficient (Wildman–Crippen LogP) is 2.53. The molecule has 1 aromatic rings. The second-order valence-electron chi connectivity index (χ2n) is 9.02. The summed E-state index contributed by atoms with van der Waals surface area (Å²) < 4.78 is 11.7. The molecule has 2 heterocycles. The van der Waals surface area contributed by atoms with Crippen LogP contribution in [0.15, 0.2) is 24.3 Å². The zero-order valence-electron chi connectivity index (χ0n) is 19.0. The lowest BCUT2D eigenvalue weighted by Crippen LogP contribution is -2.55. The van der Waals surface area contributed by atoms with E-state index in [1.165, 1.54) is 0 Å². The van der Waals surface area contributed by atoms with E-state index >= 15 is 0 Å². The Balaban J connectivity index is 1.73. The van der Waals surface area contributed by atoms with Gasteiger partial charge in [-0.05, 0) is 39.1 Å². The number of carbonyl (C=O) groups is 2. The van der Waals surface area contributed by atoms with E-state index in [1.54, 1.807) is 33.1 Å². The number of methoxy groups -OCH3 is 1. The van der Waals surface area contributed by atoms with E-state index in [0.29, 0.717) is 36.7 Å². The molecule has 7 nitrogen and oxygen atoms in total. The predicted molar refractivity (Wildman–Crippen MR) is 120 cm³/mol. The molecule has 2 aliphatic rings. The molecule has 8 heteroatoms. The molecule has 2 saturated heterocycles. The number of amides is 2. The van der Waals surface area contributed by atoms with Crippen molar-refractivity contribution in [1.82, 2.24) is 14.7 Å². The highest BCUT2D eigenvalue weighted by Gasteiger charge is 2.39. The minimum absolute atomic E-state index is 0.0618. The summed E-state index contributed by atoms with van der Waals surface area (Å²) in [5.41, 5.74) is -0.896. The number of likely N-dealkylation sites (tertiary alicyclic amines) is 1. The van der Waals surface area contributed by atoms with Crippen LogP contribution in [0.3, 0.4) is 0 Å². The molecule has 0 radical (unpaired) electrons. The lowest BCUT2D eigenvalue weighted by Gasteiger charge is -2.41. The second kappa shape index (κ2) is 10.2. The molecule has 2 fully saturated rings. The Kier molecular flexibility index (Phi) is 7.83. The molecule has 0 saturated carbocycles. The number of hydrogen-bond acceptors (Lipinski definition) is 5. The lowest BCUT2D eigenvalue weighted by molar-refractivity contribution is -0.155. The second-order valence-corrected chi connectivity index (χ2v) is 9.45. The van der Waals surface area contributed by atoms with Crippen molar-refractivity contribution in [3.63, 3.8) is 0 Å². The average molecular weight is 452 g/mol. The van der Waals surface area contributed by atoms with Gasteiger partial charge in [0.05, 0.1) is 0 Å².